The van der Waals surface area contributed by atoms with E-state index in [0.29, 0.717) is 6.10 Å². The molecule has 0 amide bonds. The maximum absolute atomic E-state index is 5.78. The molecule has 3 rings (SSSR count). The van der Waals surface area contributed by atoms with Crippen molar-refractivity contribution in [2.24, 2.45) is 17.8 Å². The first-order valence-electron chi connectivity index (χ1n) is 5.72. The van der Waals surface area contributed by atoms with E-state index in [-0.39, 0.29) is 0 Å². The van der Waals surface area contributed by atoms with Gasteiger partial charge in [-0.25, -0.2) is 0 Å². The van der Waals surface area contributed by atoms with Crippen molar-refractivity contribution in [3.05, 3.63) is 12.2 Å². The summed E-state index contributed by atoms with van der Waals surface area (Å²) in [5, 5.41) is 0. The Balaban J connectivity index is 1.81. The van der Waals surface area contributed by atoms with E-state index in [1.807, 2.05) is 0 Å². The number of rotatable bonds is 0. The molecule has 0 bridgehead atoms. The van der Waals surface area contributed by atoms with Crippen LogP contribution in [0.25, 0.3) is 0 Å². The smallest absolute Gasteiger partial charge is 0.0607 e. The molecular weight excluding hydrogens is 160 g/mol. The first-order chi connectivity index (χ1) is 6.45. The van der Waals surface area contributed by atoms with Crippen LogP contribution in [0.2, 0.25) is 0 Å². The van der Waals surface area contributed by atoms with Crippen LogP contribution in [0.15, 0.2) is 12.2 Å². The minimum absolute atomic E-state index is 0.632. The van der Waals surface area contributed by atoms with Crippen molar-refractivity contribution in [3.63, 3.8) is 0 Å². The van der Waals surface area contributed by atoms with Gasteiger partial charge >= 0.3 is 0 Å². The molecule has 0 aromatic heterocycles. The molecule has 1 heteroatoms. The highest BCUT2D eigenvalue weighted by Gasteiger charge is 2.42. The van der Waals surface area contributed by atoms with E-state index >= 15 is 0 Å². The lowest BCUT2D eigenvalue weighted by atomic mass is 9.66. The summed E-state index contributed by atoms with van der Waals surface area (Å²) in [5.41, 5.74) is 0. The van der Waals surface area contributed by atoms with Gasteiger partial charge in [0, 0.05) is 6.61 Å². The Hall–Kier alpha value is -0.300. The van der Waals surface area contributed by atoms with Crippen LogP contribution < -0.4 is 0 Å². The van der Waals surface area contributed by atoms with Gasteiger partial charge in [-0.05, 0) is 49.9 Å². The normalized spacial score (nSPS) is 48.6. The van der Waals surface area contributed by atoms with Crippen molar-refractivity contribution >= 4 is 0 Å². The number of hydrogen-bond donors (Lipinski definition) is 0. The van der Waals surface area contributed by atoms with E-state index < -0.39 is 0 Å². The Kier molecular flexibility index (Phi) is 1.93. The first-order valence-corrected chi connectivity index (χ1v) is 5.72. The number of fused-ring (bicyclic) bond motifs is 3. The molecule has 0 N–H and O–H groups in total. The zero-order valence-corrected chi connectivity index (χ0v) is 8.11. The highest BCUT2D eigenvalue weighted by molar-refractivity contribution is 5.01. The van der Waals surface area contributed by atoms with E-state index in [0.717, 1.165) is 24.4 Å². The number of allylic oxidation sites excluding steroid dienone is 2. The molecule has 1 heterocycles. The Morgan fingerprint density at radius 2 is 1.85 bits per heavy atom. The second kappa shape index (κ2) is 3.13. The molecule has 4 unspecified atom stereocenters. The second-order valence-corrected chi connectivity index (χ2v) is 4.81. The molecule has 0 aromatic rings. The minimum Gasteiger partial charge on any atom is -0.378 e. The van der Waals surface area contributed by atoms with Crippen molar-refractivity contribution in [2.45, 2.75) is 38.2 Å². The molecule has 2 aliphatic carbocycles. The van der Waals surface area contributed by atoms with Gasteiger partial charge < -0.3 is 4.74 Å². The molecule has 0 aromatic carbocycles. The van der Waals surface area contributed by atoms with Gasteiger partial charge in [-0.15, -0.1) is 0 Å². The highest BCUT2D eigenvalue weighted by Crippen LogP contribution is 2.46. The van der Waals surface area contributed by atoms with Gasteiger partial charge in [-0.2, -0.15) is 0 Å². The van der Waals surface area contributed by atoms with E-state index in [4.69, 9.17) is 4.74 Å². The number of hydrogen-bond acceptors (Lipinski definition) is 1. The van der Waals surface area contributed by atoms with Gasteiger partial charge in [0.2, 0.25) is 0 Å². The van der Waals surface area contributed by atoms with Gasteiger partial charge in [0.25, 0.3) is 0 Å². The van der Waals surface area contributed by atoms with E-state index in [9.17, 15) is 0 Å². The van der Waals surface area contributed by atoms with Crippen LogP contribution in [0, 0.1) is 17.8 Å². The Bertz CT molecular complexity index is 221. The van der Waals surface area contributed by atoms with Gasteiger partial charge in [-0.1, -0.05) is 12.2 Å². The lowest BCUT2D eigenvalue weighted by Crippen LogP contribution is -2.36. The van der Waals surface area contributed by atoms with Crippen LogP contribution >= 0.6 is 0 Å². The Labute approximate surface area is 80.2 Å². The van der Waals surface area contributed by atoms with Gasteiger partial charge in [0.05, 0.1) is 6.10 Å². The predicted octanol–water partition coefficient (Wildman–Crippen LogP) is 2.77. The average molecular weight is 178 g/mol. The summed E-state index contributed by atoms with van der Waals surface area (Å²) in [6.45, 7) is 1.03. The number of ether oxygens (including phenoxy) is 1. The monoisotopic (exact) mass is 178 g/mol. The van der Waals surface area contributed by atoms with Crippen LogP contribution in [0.1, 0.15) is 32.1 Å². The molecule has 1 nitrogen and oxygen atoms in total. The molecule has 1 saturated heterocycles. The zero-order chi connectivity index (χ0) is 8.67. The first kappa shape index (κ1) is 8.05. The van der Waals surface area contributed by atoms with E-state index in [2.05, 4.69) is 12.2 Å². The van der Waals surface area contributed by atoms with Gasteiger partial charge in [0.1, 0.15) is 0 Å². The standard InChI is InChI=1S/C12H18O/c1-2-4-10-9(3-1)5-6-12-11(10)7-8-13-12/h1-2,9-12H,3-8H2. The summed E-state index contributed by atoms with van der Waals surface area (Å²) in [6.07, 6.45) is 12.2. The summed E-state index contributed by atoms with van der Waals surface area (Å²) >= 11 is 0. The fourth-order valence-electron chi connectivity index (χ4n) is 3.58. The van der Waals surface area contributed by atoms with Crippen molar-refractivity contribution in [1.29, 1.82) is 0 Å². The molecule has 13 heavy (non-hydrogen) atoms. The van der Waals surface area contributed by atoms with Gasteiger partial charge in [0.15, 0.2) is 0 Å². The molecule has 72 valence electrons. The molecule has 1 saturated carbocycles. The summed E-state index contributed by atoms with van der Waals surface area (Å²) in [7, 11) is 0. The minimum atomic E-state index is 0.632. The van der Waals surface area contributed by atoms with Gasteiger partial charge in [-0.3, -0.25) is 0 Å². The molecular formula is C12H18O. The summed E-state index contributed by atoms with van der Waals surface area (Å²) in [4.78, 5) is 0. The maximum atomic E-state index is 5.78. The van der Waals surface area contributed by atoms with Crippen molar-refractivity contribution in [3.8, 4) is 0 Å². The molecule has 0 spiro atoms. The maximum Gasteiger partial charge on any atom is 0.0607 e. The van der Waals surface area contributed by atoms with Crippen molar-refractivity contribution in [2.75, 3.05) is 6.61 Å². The van der Waals surface area contributed by atoms with Crippen molar-refractivity contribution in [1.82, 2.24) is 0 Å². The lowest BCUT2D eigenvalue weighted by Gasteiger charge is -2.40. The summed E-state index contributed by atoms with van der Waals surface area (Å²) < 4.78 is 5.78. The molecule has 2 fully saturated rings. The zero-order valence-electron chi connectivity index (χ0n) is 8.11. The third-order valence-corrected chi connectivity index (χ3v) is 4.25. The topological polar surface area (TPSA) is 9.23 Å². The average Bonchev–Trinajstić information content (AvgIpc) is 2.65. The van der Waals surface area contributed by atoms with E-state index in [1.54, 1.807) is 0 Å². The second-order valence-electron chi connectivity index (χ2n) is 4.81. The largest absolute Gasteiger partial charge is 0.378 e. The third-order valence-electron chi connectivity index (χ3n) is 4.25. The lowest BCUT2D eigenvalue weighted by molar-refractivity contribution is 0.0184. The molecule has 3 aliphatic rings. The predicted molar refractivity (Wildman–Crippen MR) is 52.4 cm³/mol. The third kappa shape index (κ3) is 1.25. The fourth-order valence-corrected chi connectivity index (χ4v) is 3.58. The van der Waals surface area contributed by atoms with E-state index in [1.165, 1.54) is 32.1 Å². The summed E-state index contributed by atoms with van der Waals surface area (Å²) in [5.74, 6) is 2.86. The SMILES string of the molecule is C1=CCC2C(C1)CCC1OCCC12. The Morgan fingerprint density at radius 3 is 2.85 bits per heavy atom. The highest BCUT2D eigenvalue weighted by atomic mass is 16.5. The molecule has 1 aliphatic heterocycles. The Morgan fingerprint density at radius 1 is 0.923 bits per heavy atom. The van der Waals surface area contributed by atoms with Crippen molar-refractivity contribution < 1.29 is 4.74 Å². The molecule has 4 atom stereocenters. The van der Waals surface area contributed by atoms with Crippen LogP contribution in [0.3, 0.4) is 0 Å². The fraction of sp³-hybridized carbons (Fsp3) is 0.833. The van der Waals surface area contributed by atoms with Crippen LogP contribution in [-0.4, -0.2) is 12.7 Å². The quantitative estimate of drug-likeness (QED) is 0.518. The molecule has 0 radical (unpaired) electrons. The van der Waals surface area contributed by atoms with Crippen LogP contribution in [0.5, 0.6) is 0 Å². The van der Waals surface area contributed by atoms with Crippen LogP contribution in [-0.2, 0) is 4.74 Å². The van der Waals surface area contributed by atoms with Crippen LogP contribution in [0.4, 0.5) is 0 Å². The summed E-state index contributed by atoms with van der Waals surface area (Å²) in [6, 6.07) is 0.